The Balaban J connectivity index is 4.40. The molecule has 0 bridgehead atoms. The van der Waals surface area contributed by atoms with Crippen LogP contribution in [0.4, 0.5) is 0 Å². The third-order valence-electron chi connectivity index (χ3n) is 4.40. The lowest BCUT2D eigenvalue weighted by atomic mass is 10.5. The van der Waals surface area contributed by atoms with Gasteiger partial charge >= 0.3 is 0 Å². The third kappa shape index (κ3) is 15.5. The van der Waals surface area contributed by atoms with E-state index >= 15 is 0 Å². The summed E-state index contributed by atoms with van der Waals surface area (Å²) < 4.78 is 22.9. The first-order valence-electron chi connectivity index (χ1n) is 10.6. The predicted molar refractivity (Wildman–Crippen MR) is 117 cm³/mol. The quantitative estimate of drug-likeness (QED) is 0.140. The Bertz CT molecular complexity index is 339. The van der Waals surface area contributed by atoms with Crippen LogP contribution in [0.5, 0.6) is 0 Å². The van der Waals surface area contributed by atoms with Gasteiger partial charge < -0.3 is 18.6 Å². The molecule has 0 aliphatic rings. The molecule has 0 spiro atoms. The van der Waals surface area contributed by atoms with E-state index in [1.807, 2.05) is 44.1 Å². The molecule has 158 valence electrons. The molecule has 5 heteroatoms. The SMILES string of the molecule is CCC=COCCC[Si](CCCOC=CCC)(CCCOC=CCC)OC. The van der Waals surface area contributed by atoms with Crippen molar-refractivity contribution in [3.05, 3.63) is 37.0 Å². The van der Waals surface area contributed by atoms with Gasteiger partial charge in [0.15, 0.2) is 8.32 Å². The fourth-order valence-corrected chi connectivity index (χ4v) is 6.54. The summed E-state index contributed by atoms with van der Waals surface area (Å²) in [7, 11) is 0.101. The first-order valence-corrected chi connectivity index (χ1v) is 13.1. The van der Waals surface area contributed by atoms with Gasteiger partial charge in [-0.05, 0) is 56.7 Å². The second-order valence-corrected chi connectivity index (χ2v) is 10.9. The standard InChI is InChI=1S/C22H42O4Si/c1-5-8-14-24-17-11-20-27(23-4,21-12-18-25-15-9-6-2)22-13-19-26-16-10-7-3/h8-10,14-16H,5-7,11-13,17-22H2,1-4H3. The van der Waals surface area contributed by atoms with Crippen molar-refractivity contribution < 1.29 is 18.6 Å². The highest BCUT2D eigenvalue weighted by molar-refractivity contribution is 6.73. The molecule has 0 saturated carbocycles. The monoisotopic (exact) mass is 398 g/mol. The molecular weight excluding hydrogens is 356 g/mol. The van der Waals surface area contributed by atoms with Crippen LogP contribution in [0.15, 0.2) is 37.0 Å². The molecule has 27 heavy (non-hydrogen) atoms. The molecule has 0 amide bonds. The van der Waals surface area contributed by atoms with Crippen molar-refractivity contribution in [1.82, 2.24) is 0 Å². The molecule has 4 nitrogen and oxygen atoms in total. The second-order valence-electron chi connectivity index (χ2n) is 6.65. The number of ether oxygens (including phenoxy) is 3. The van der Waals surface area contributed by atoms with Gasteiger partial charge in [0.25, 0.3) is 0 Å². The predicted octanol–water partition coefficient (Wildman–Crippen LogP) is 6.57. The maximum absolute atomic E-state index is 6.14. The molecule has 0 heterocycles. The highest BCUT2D eigenvalue weighted by atomic mass is 28.4. The van der Waals surface area contributed by atoms with Crippen LogP contribution in [-0.2, 0) is 18.6 Å². The summed E-state index contributed by atoms with van der Waals surface area (Å²) in [6.07, 6.45) is 17.7. The molecule has 0 radical (unpaired) electrons. The Morgan fingerprint density at radius 3 is 1.19 bits per heavy atom. The van der Waals surface area contributed by atoms with Gasteiger partial charge in [-0.15, -0.1) is 0 Å². The van der Waals surface area contributed by atoms with E-state index in [1.54, 1.807) is 0 Å². The largest absolute Gasteiger partial charge is 0.502 e. The Morgan fingerprint density at radius 2 is 0.926 bits per heavy atom. The molecule has 0 saturated heterocycles. The summed E-state index contributed by atoms with van der Waals surface area (Å²) in [4.78, 5) is 0. The highest BCUT2D eigenvalue weighted by Crippen LogP contribution is 2.27. The van der Waals surface area contributed by atoms with Gasteiger partial charge in [0, 0.05) is 7.11 Å². The lowest BCUT2D eigenvalue weighted by molar-refractivity contribution is 0.236. The van der Waals surface area contributed by atoms with E-state index in [9.17, 15) is 0 Å². The second kappa shape index (κ2) is 19.6. The summed E-state index contributed by atoms with van der Waals surface area (Å²) >= 11 is 0. The van der Waals surface area contributed by atoms with Gasteiger partial charge in [-0.2, -0.15) is 0 Å². The van der Waals surface area contributed by atoms with E-state index in [2.05, 4.69) is 20.8 Å². The molecule has 0 N–H and O–H groups in total. The van der Waals surface area contributed by atoms with Crippen molar-refractivity contribution in [3.8, 4) is 0 Å². The van der Waals surface area contributed by atoms with Crippen LogP contribution in [0, 0.1) is 0 Å². The minimum absolute atomic E-state index is 0.764. The maximum Gasteiger partial charge on any atom is 0.192 e. The van der Waals surface area contributed by atoms with Gasteiger partial charge in [-0.25, -0.2) is 0 Å². The number of rotatable bonds is 19. The van der Waals surface area contributed by atoms with Gasteiger partial charge in [0.1, 0.15) is 0 Å². The molecule has 0 aliphatic heterocycles. The van der Waals surface area contributed by atoms with Gasteiger partial charge in [0.05, 0.1) is 38.6 Å². The topological polar surface area (TPSA) is 36.9 Å². The summed E-state index contributed by atoms with van der Waals surface area (Å²) in [6, 6.07) is 3.37. The fourth-order valence-electron chi connectivity index (χ4n) is 2.81. The lowest BCUT2D eigenvalue weighted by Crippen LogP contribution is -2.37. The average Bonchev–Trinajstić information content (AvgIpc) is 2.69. The zero-order chi connectivity index (χ0) is 20.1. The highest BCUT2D eigenvalue weighted by Gasteiger charge is 2.32. The summed E-state index contributed by atoms with van der Waals surface area (Å²) in [5, 5.41) is 0. The molecule has 0 atom stereocenters. The number of hydrogen-bond acceptors (Lipinski definition) is 4. The number of allylic oxidation sites excluding steroid dienone is 3. The van der Waals surface area contributed by atoms with Crippen LogP contribution in [-0.4, -0.2) is 35.2 Å². The molecule has 0 aromatic carbocycles. The fraction of sp³-hybridized carbons (Fsp3) is 0.727. The zero-order valence-electron chi connectivity index (χ0n) is 18.1. The van der Waals surface area contributed by atoms with E-state index in [4.69, 9.17) is 18.6 Å². The maximum atomic E-state index is 6.14. The van der Waals surface area contributed by atoms with Crippen molar-refractivity contribution in [3.63, 3.8) is 0 Å². The molecule has 0 unspecified atom stereocenters. The Morgan fingerprint density at radius 1 is 0.593 bits per heavy atom. The Kier molecular flexibility index (Phi) is 18.7. The molecule has 0 aromatic rings. The average molecular weight is 399 g/mol. The van der Waals surface area contributed by atoms with E-state index in [-0.39, 0.29) is 0 Å². The molecular formula is C22H42O4Si. The van der Waals surface area contributed by atoms with Crippen molar-refractivity contribution in [1.29, 1.82) is 0 Å². The van der Waals surface area contributed by atoms with Crippen LogP contribution >= 0.6 is 0 Å². The Hall–Kier alpha value is -1.20. The minimum atomic E-state index is -1.79. The van der Waals surface area contributed by atoms with E-state index in [1.165, 1.54) is 0 Å². The summed E-state index contributed by atoms with van der Waals surface area (Å²) in [5.41, 5.74) is 0. The molecule has 0 aromatic heterocycles. The van der Waals surface area contributed by atoms with Crippen molar-refractivity contribution >= 4 is 8.32 Å². The van der Waals surface area contributed by atoms with Crippen molar-refractivity contribution in [2.45, 2.75) is 77.4 Å². The third-order valence-corrected chi connectivity index (χ3v) is 9.06. The van der Waals surface area contributed by atoms with Gasteiger partial charge in [-0.1, -0.05) is 39.0 Å². The Labute approximate surface area is 168 Å². The van der Waals surface area contributed by atoms with Crippen LogP contribution in [0.2, 0.25) is 18.1 Å². The zero-order valence-corrected chi connectivity index (χ0v) is 19.1. The van der Waals surface area contributed by atoms with Crippen molar-refractivity contribution in [2.24, 2.45) is 0 Å². The first kappa shape index (κ1) is 25.8. The van der Waals surface area contributed by atoms with E-state index in [0.717, 1.165) is 76.5 Å². The van der Waals surface area contributed by atoms with Gasteiger partial charge in [0.2, 0.25) is 0 Å². The molecule has 0 rings (SSSR count). The summed E-state index contributed by atoms with van der Waals surface area (Å²) in [5.74, 6) is 0. The van der Waals surface area contributed by atoms with Crippen LogP contribution in [0.3, 0.4) is 0 Å². The van der Waals surface area contributed by atoms with Crippen LogP contribution in [0.1, 0.15) is 59.3 Å². The van der Waals surface area contributed by atoms with Gasteiger partial charge in [-0.3, -0.25) is 0 Å². The minimum Gasteiger partial charge on any atom is -0.502 e. The number of hydrogen-bond donors (Lipinski definition) is 0. The lowest BCUT2D eigenvalue weighted by Gasteiger charge is -2.30. The normalized spacial score (nSPS) is 14.2. The molecule has 0 fully saturated rings. The summed E-state index contributed by atoms with van der Waals surface area (Å²) in [6.45, 7) is 8.62. The van der Waals surface area contributed by atoms with Crippen molar-refractivity contribution in [2.75, 3.05) is 26.9 Å². The van der Waals surface area contributed by atoms with E-state index < -0.39 is 8.32 Å². The molecule has 0 aliphatic carbocycles. The van der Waals surface area contributed by atoms with Crippen LogP contribution in [0.25, 0.3) is 0 Å². The van der Waals surface area contributed by atoms with E-state index in [0.29, 0.717) is 0 Å². The smallest absolute Gasteiger partial charge is 0.192 e. The first-order chi connectivity index (χ1) is 13.2. The van der Waals surface area contributed by atoms with Crippen LogP contribution < -0.4 is 0 Å².